The first-order valence-electron chi connectivity index (χ1n) is 12.0. The summed E-state index contributed by atoms with van der Waals surface area (Å²) in [6.45, 7) is 13.1. The van der Waals surface area contributed by atoms with Gasteiger partial charge in [0.15, 0.2) is 5.96 Å². The van der Waals surface area contributed by atoms with Crippen LogP contribution in [0.25, 0.3) is 0 Å². The maximum absolute atomic E-state index is 6.17. The van der Waals surface area contributed by atoms with E-state index in [-0.39, 0.29) is 24.0 Å². The highest BCUT2D eigenvalue weighted by molar-refractivity contribution is 14.0. The van der Waals surface area contributed by atoms with Gasteiger partial charge in [-0.3, -0.25) is 4.99 Å². The molecule has 3 heterocycles. The van der Waals surface area contributed by atoms with Gasteiger partial charge in [-0.25, -0.2) is 0 Å². The number of nitrogens with zero attached hydrogens (tertiary/aromatic N) is 3. The molecule has 3 saturated heterocycles. The van der Waals surface area contributed by atoms with Gasteiger partial charge in [0, 0.05) is 46.4 Å². The lowest BCUT2D eigenvalue weighted by Gasteiger charge is -2.37. The van der Waals surface area contributed by atoms with Gasteiger partial charge in [0.1, 0.15) is 0 Å². The number of guanidine groups is 1. The molecule has 0 aromatic rings. The molecular weight excluding hydrogens is 491 g/mol. The number of rotatable bonds is 7. The van der Waals surface area contributed by atoms with Crippen LogP contribution in [0.4, 0.5) is 0 Å². The Morgan fingerprint density at radius 2 is 1.90 bits per heavy atom. The maximum atomic E-state index is 6.17. The molecule has 0 bridgehead atoms. The highest BCUT2D eigenvalue weighted by atomic mass is 127. The van der Waals surface area contributed by atoms with Crippen molar-refractivity contribution in [2.24, 2.45) is 16.8 Å². The third-order valence-electron chi connectivity index (χ3n) is 6.52. The summed E-state index contributed by atoms with van der Waals surface area (Å²) in [5.41, 5.74) is 0. The number of nitrogens with one attached hydrogen (secondary N) is 1. The molecule has 3 aliphatic rings. The Hall–Kier alpha value is -0.120. The third kappa shape index (κ3) is 8.79. The normalized spacial score (nSPS) is 27.2. The van der Waals surface area contributed by atoms with Crippen LogP contribution in [0.3, 0.4) is 0 Å². The number of halogens is 1. The predicted octanol–water partition coefficient (Wildman–Crippen LogP) is 3.60. The van der Waals surface area contributed by atoms with Gasteiger partial charge in [-0.1, -0.05) is 13.8 Å². The monoisotopic (exact) mass is 536 g/mol. The zero-order valence-corrected chi connectivity index (χ0v) is 21.8. The summed E-state index contributed by atoms with van der Waals surface area (Å²) in [6.07, 6.45) is 9.16. The van der Waals surface area contributed by atoms with Crippen LogP contribution < -0.4 is 5.32 Å². The predicted molar refractivity (Wildman–Crippen MR) is 135 cm³/mol. The first-order chi connectivity index (χ1) is 14.1. The highest BCUT2D eigenvalue weighted by Crippen LogP contribution is 2.19. The van der Waals surface area contributed by atoms with Gasteiger partial charge in [-0.05, 0) is 63.3 Å². The van der Waals surface area contributed by atoms with Crippen molar-refractivity contribution in [3.8, 4) is 0 Å². The molecule has 6 nitrogen and oxygen atoms in total. The molecular formula is C23H45IN4O2. The summed E-state index contributed by atoms with van der Waals surface area (Å²) in [6, 6.07) is 0. The SMILES string of the molecule is CN=C(NCC1CCCN(CC(C)C)C1)N1CCC(OCC2CCCCO2)CC1.I. The van der Waals surface area contributed by atoms with E-state index in [4.69, 9.17) is 9.47 Å². The van der Waals surface area contributed by atoms with Gasteiger partial charge in [-0.2, -0.15) is 0 Å². The van der Waals surface area contributed by atoms with E-state index in [0.717, 1.165) is 69.9 Å². The van der Waals surface area contributed by atoms with Gasteiger partial charge >= 0.3 is 0 Å². The van der Waals surface area contributed by atoms with Crippen molar-refractivity contribution in [1.82, 2.24) is 15.1 Å². The van der Waals surface area contributed by atoms with Crippen LogP contribution in [-0.2, 0) is 9.47 Å². The van der Waals surface area contributed by atoms with Crippen LogP contribution in [0.5, 0.6) is 0 Å². The van der Waals surface area contributed by atoms with Crippen molar-refractivity contribution in [3.05, 3.63) is 0 Å². The van der Waals surface area contributed by atoms with Gasteiger partial charge in [-0.15, -0.1) is 24.0 Å². The lowest BCUT2D eigenvalue weighted by molar-refractivity contribution is -0.0721. The number of likely N-dealkylation sites (tertiary alicyclic amines) is 2. The van der Waals surface area contributed by atoms with Crippen LogP contribution >= 0.6 is 24.0 Å². The van der Waals surface area contributed by atoms with E-state index < -0.39 is 0 Å². The minimum Gasteiger partial charge on any atom is -0.376 e. The van der Waals surface area contributed by atoms with Crippen molar-refractivity contribution >= 4 is 29.9 Å². The van der Waals surface area contributed by atoms with Crippen molar-refractivity contribution in [1.29, 1.82) is 0 Å². The van der Waals surface area contributed by atoms with Crippen molar-refractivity contribution in [3.63, 3.8) is 0 Å². The minimum absolute atomic E-state index is 0. The quantitative estimate of drug-likeness (QED) is 0.306. The Kier molecular flexibility index (Phi) is 12.3. The Bertz CT molecular complexity index is 492. The summed E-state index contributed by atoms with van der Waals surface area (Å²) in [4.78, 5) is 9.61. The second kappa shape index (κ2) is 14.1. The fourth-order valence-corrected chi connectivity index (χ4v) is 4.98. The maximum Gasteiger partial charge on any atom is 0.193 e. The van der Waals surface area contributed by atoms with E-state index in [1.807, 2.05) is 7.05 Å². The van der Waals surface area contributed by atoms with Crippen LogP contribution in [0.15, 0.2) is 4.99 Å². The first-order valence-corrected chi connectivity index (χ1v) is 12.0. The summed E-state index contributed by atoms with van der Waals surface area (Å²) >= 11 is 0. The average molecular weight is 537 g/mol. The molecule has 3 rings (SSSR count). The molecule has 0 aliphatic carbocycles. The molecule has 3 aliphatic heterocycles. The van der Waals surface area contributed by atoms with Gasteiger partial charge in [0.2, 0.25) is 0 Å². The smallest absolute Gasteiger partial charge is 0.193 e. The van der Waals surface area contributed by atoms with Gasteiger partial charge in [0.05, 0.1) is 18.8 Å². The Balaban J connectivity index is 0.00000320. The average Bonchev–Trinajstić information content (AvgIpc) is 2.74. The molecule has 7 heteroatoms. The Morgan fingerprint density at radius 1 is 1.10 bits per heavy atom. The molecule has 176 valence electrons. The fourth-order valence-electron chi connectivity index (χ4n) is 4.98. The zero-order chi connectivity index (χ0) is 20.5. The molecule has 0 aromatic heterocycles. The summed E-state index contributed by atoms with van der Waals surface area (Å²) in [5, 5.41) is 3.67. The second-order valence-electron chi connectivity index (χ2n) is 9.60. The molecule has 0 saturated carbocycles. The van der Waals surface area contributed by atoms with Crippen LogP contribution in [-0.4, -0.2) is 87.5 Å². The molecule has 2 atom stereocenters. The molecule has 30 heavy (non-hydrogen) atoms. The van der Waals surface area contributed by atoms with Crippen molar-refractivity contribution in [2.75, 3.05) is 59.5 Å². The Labute approximate surface area is 201 Å². The molecule has 3 fully saturated rings. The highest BCUT2D eigenvalue weighted by Gasteiger charge is 2.25. The van der Waals surface area contributed by atoms with E-state index >= 15 is 0 Å². The largest absolute Gasteiger partial charge is 0.376 e. The number of piperidine rings is 2. The molecule has 2 unspecified atom stereocenters. The standard InChI is InChI=1S/C23H44N4O2.HI/c1-19(2)16-26-11-6-7-20(17-26)15-25-23(24-3)27-12-9-21(10-13-27)29-18-22-8-4-5-14-28-22;/h19-22H,4-18H2,1-3H3,(H,24,25);1H. The fraction of sp³-hybridized carbons (Fsp3) is 0.957. The summed E-state index contributed by atoms with van der Waals surface area (Å²) in [5.74, 6) is 2.55. The minimum atomic E-state index is 0. The second-order valence-corrected chi connectivity index (χ2v) is 9.60. The van der Waals surface area contributed by atoms with E-state index in [9.17, 15) is 0 Å². The lowest BCUT2D eigenvalue weighted by Crippen LogP contribution is -2.49. The molecule has 1 N–H and O–H groups in total. The molecule has 0 radical (unpaired) electrons. The number of hydrogen-bond acceptors (Lipinski definition) is 4. The van der Waals surface area contributed by atoms with E-state index in [0.29, 0.717) is 12.2 Å². The number of hydrogen-bond donors (Lipinski definition) is 1. The van der Waals surface area contributed by atoms with Crippen molar-refractivity contribution in [2.45, 2.75) is 71.0 Å². The Morgan fingerprint density at radius 3 is 2.57 bits per heavy atom. The van der Waals surface area contributed by atoms with Gasteiger partial charge < -0.3 is 24.6 Å². The molecule has 0 aromatic carbocycles. The van der Waals surface area contributed by atoms with E-state index in [2.05, 4.69) is 34.0 Å². The van der Waals surface area contributed by atoms with Crippen molar-refractivity contribution < 1.29 is 9.47 Å². The lowest BCUT2D eigenvalue weighted by atomic mass is 9.97. The van der Waals surface area contributed by atoms with Crippen LogP contribution in [0.1, 0.15) is 58.8 Å². The van der Waals surface area contributed by atoms with E-state index in [1.165, 1.54) is 45.3 Å². The zero-order valence-electron chi connectivity index (χ0n) is 19.5. The summed E-state index contributed by atoms with van der Waals surface area (Å²) < 4.78 is 12.0. The van der Waals surface area contributed by atoms with Crippen LogP contribution in [0, 0.1) is 11.8 Å². The number of aliphatic imine (C=N–C) groups is 1. The molecule has 0 amide bonds. The topological polar surface area (TPSA) is 49.3 Å². The summed E-state index contributed by atoms with van der Waals surface area (Å²) in [7, 11) is 1.91. The third-order valence-corrected chi connectivity index (χ3v) is 6.52. The van der Waals surface area contributed by atoms with E-state index in [1.54, 1.807) is 0 Å². The van der Waals surface area contributed by atoms with Crippen LogP contribution in [0.2, 0.25) is 0 Å². The first kappa shape index (κ1) is 26.1. The number of ether oxygens (including phenoxy) is 2. The molecule has 0 spiro atoms. The van der Waals surface area contributed by atoms with Gasteiger partial charge in [0.25, 0.3) is 0 Å².